The Balaban J connectivity index is 1.35. The van der Waals surface area contributed by atoms with Crippen molar-refractivity contribution < 1.29 is 4.48 Å². The zero-order valence-electron chi connectivity index (χ0n) is 16.3. The van der Waals surface area contributed by atoms with E-state index < -0.39 is 0 Å². The van der Waals surface area contributed by atoms with Gasteiger partial charge in [0.2, 0.25) is 0 Å². The van der Waals surface area contributed by atoms with Crippen LogP contribution in [0.4, 0.5) is 11.4 Å². The average Bonchev–Trinajstić information content (AvgIpc) is 2.96. The molecule has 0 aliphatic carbocycles. The van der Waals surface area contributed by atoms with Crippen LogP contribution in [0.15, 0.2) is 18.2 Å². The number of nitrogens with one attached hydrogen (secondary N) is 1. The van der Waals surface area contributed by atoms with Gasteiger partial charge < -0.3 is 20.4 Å². The highest BCUT2D eigenvalue weighted by atomic mass is 15.3. The molecule has 0 aromatic heterocycles. The molecule has 0 bridgehead atoms. The number of rotatable bonds is 7. The molecule has 1 atom stereocenters. The molecule has 3 N–H and O–H groups in total. The lowest BCUT2D eigenvalue weighted by molar-refractivity contribution is -0.896. The molecule has 1 aromatic carbocycles. The van der Waals surface area contributed by atoms with Crippen molar-refractivity contribution in [1.29, 1.82) is 0 Å². The average molecular weight is 347 g/mol. The molecule has 2 aliphatic heterocycles. The van der Waals surface area contributed by atoms with Crippen LogP contribution in [-0.4, -0.2) is 82.4 Å². The predicted octanol–water partition coefficient (Wildman–Crippen LogP) is 1.39. The molecule has 0 amide bonds. The Bertz CT molecular complexity index is 566. The fourth-order valence-corrected chi connectivity index (χ4v) is 4.14. The molecule has 1 unspecified atom stereocenters. The van der Waals surface area contributed by atoms with Gasteiger partial charge >= 0.3 is 0 Å². The van der Waals surface area contributed by atoms with Gasteiger partial charge in [0.1, 0.15) is 6.04 Å². The minimum Gasteiger partial charge on any atom is -0.399 e. The number of nitrogens with zero attached hydrogens (tertiary/aromatic N) is 3. The molecule has 0 spiro atoms. The molecule has 1 saturated heterocycles. The number of nitrogen functional groups attached to an aromatic ring is 1. The Morgan fingerprint density at radius 1 is 1.16 bits per heavy atom. The zero-order valence-corrected chi connectivity index (χ0v) is 16.3. The number of fused-ring (bicyclic) bond motifs is 1. The third-order valence-corrected chi connectivity index (χ3v) is 5.84. The Hall–Kier alpha value is -1.30. The minimum absolute atomic E-state index is 0.778. The highest BCUT2D eigenvalue weighted by Gasteiger charge is 2.29. The molecule has 25 heavy (non-hydrogen) atoms. The molecular weight excluding hydrogens is 310 g/mol. The quantitative estimate of drug-likeness (QED) is 0.445. The van der Waals surface area contributed by atoms with Crippen molar-refractivity contribution >= 4 is 11.4 Å². The van der Waals surface area contributed by atoms with Crippen LogP contribution in [0.5, 0.6) is 0 Å². The summed E-state index contributed by atoms with van der Waals surface area (Å²) in [6.45, 7) is 7.99. The van der Waals surface area contributed by atoms with Crippen molar-refractivity contribution in [3.8, 4) is 0 Å². The van der Waals surface area contributed by atoms with E-state index in [0.29, 0.717) is 0 Å². The third-order valence-electron chi connectivity index (χ3n) is 5.84. The second kappa shape index (κ2) is 7.94. The number of benzene rings is 1. The van der Waals surface area contributed by atoms with Gasteiger partial charge in [0.05, 0.1) is 27.7 Å². The van der Waals surface area contributed by atoms with E-state index in [0.717, 1.165) is 48.8 Å². The molecule has 0 radical (unpaired) electrons. The number of nitrogens with two attached hydrogens (primary N) is 1. The van der Waals surface area contributed by atoms with E-state index in [-0.39, 0.29) is 0 Å². The number of hydrogen-bond acceptors (Lipinski definition) is 4. The lowest BCUT2D eigenvalue weighted by atomic mass is 10.0. The molecular formula is C20H36N5+. The molecule has 1 fully saturated rings. The van der Waals surface area contributed by atoms with Crippen LogP contribution >= 0.6 is 0 Å². The highest BCUT2D eigenvalue weighted by molar-refractivity contribution is 5.64. The lowest BCUT2D eigenvalue weighted by Gasteiger charge is -2.41. The van der Waals surface area contributed by atoms with E-state index in [1.165, 1.54) is 43.7 Å². The van der Waals surface area contributed by atoms with Gasteiger partial charge in [0.25, 0.3) is 0 Å². The Kier molecular flexibility index (Phi) is 5.87. The first-order valence-corrected chi connectivity index (χ1v) is 9.81. The van der Waals surface area contributed by atoms with Crippen molar-refractivity contribution in [1.82, 2.24) is 10.2 Å². The smallest absolute Gasteiger partial charge is 0.101 e. The van der Waals surface area contributed by atoms with Crippen LogP contribution in [0.1, 0.15) is 18.4 Å². The fraction of sp³-hybridized carbons (Fsp3) is 0.700. The van der Waals surface area contributed by atoms with Crippen LogP contribution in [0, 0.1) is 0 Å². The number of likely N-dealkylation sites (N-methyl/N-ethyl adjacent to an activating group) is 1. The summed E-state index contributed by atoms with van der Waals surface area (Å²) in [5.74, 6) is 0. The standard InChI is InChI=1S/C20H36N5/c1-25(2,3)19-5-4-11-23(16-19)13-9-22-10-14-24-12-8-17-6-7-18(21)15-20(17)24/h6-7,15,19,22H,4-5,8-14,16,21H2,1-3H3/q+1. The molecule has 5 heteroatoms. The maximum Gasteiger partial charge on any atom is 0.101 e. The van der Waals surface area contributed by atoms with Crippen LogP contribution < -0.4 is 16.0 Å². The first-order chi connectivity index (χ1) is 11.9. The second-order valence-electron chi connectivity index (χ2n) is 8.59. The van der Waals surface area contributed by atoms with Crippen molar-refractivity contribution in [2.75, 3.05) is 77.6 Å². The number of hydrogen-bond donors (Lipinski definition) is 2. The first kappa shape index (κ1) is 18.5. The van der Waals surface area contributed by atoms with E-state index in [2.05, 4.69) is 48.4 Å². The molecule has 3 rings (SSSR count). The molecule has 0 saturated carbocycles. The fourth-order valence-electron chi connectivity index (χ4n) is 4.14. The molecule has 1 aromatic rings. The summed E-state index contributed by atoms with van der Waals surface area (Å²) in [5.41, 5.74) is 9.59. The molecule has 5 nitrogen and oxygen atoms in total. The summed E-state index contributed by atoms with van der Waals surface area (Å²) in [7, 11) is 6.98. The molecule has 2 aliphatic rings. The maximum absolute atomic E-state index is 5.94. The summed E-state index contributed by atoms with van der Waals surface area (Å²) in [5, 5.41) is 3.64. The van der Waals surface area contributed by atoms with E-state index in [1.807, 2.05) is 6.07 Å². The topological polar surface area (TPSA) is 44.5 Å². The maximum atomic E-state index is 5.94. The Morgan fingerprint density at radius 2 is 1.96 bits per heavy atom. The zero-order chi connectivity index (χ0) is 17.9. The second-order valence-corrected chi connectivity index (χ2v) is 8.59. The van der Waals surface area contributed by atoms with Gasteiger partial charge in [0, 0.05) is 50.5 Å². The summed E-state index contributed by atoms with van der Waals surface area (Å²) >= 11 is 0. The van der Waals surface area contributed by atoms with Crippen molar-refractivity contribution in [3.05, 3.63) is 23.8 Å². The number of quaternary nitrogens is 1. The van der Waals surface area contributed by atoms with Gasteiger partial charge in [-0.05, 0) is 37.1 Å². The van der Waals surface area contributed by atoms with E-state index in [9.17, 15) is 0 Å². The summed E-state index contributed by atoms with van der Waals surface area (Å²) in [4.78, 5) is 5.10. The normalized spacial score (nSPS) is 21.6. The number of anilines is 2. The van der Waals surface area contributed by atoms with Gasteiger partial charge in [-0.25, -0.2) is 0 Å². The lowest BCUT2D eigenvalue weighted by Crippen LogP contribution is -2.54. The first-order valence-electron chi connectivity index (χ1n) is 9.81. The highest BCUT2D eigenvalue weighted by Crippen LogP contribution is 2.29. The van der Waals surface area contributed by atoms with Gasteiger partial charge in [-0.2, -0.15) is 0 Å². The number of piperidine rings is 1. The van der Waals surface area contributed by atoms with Crippen LogP contribution in [-0.2, 0) is 6.42 Å². The van der Waals surface area contributed by atoms with Gasteiger partial charge in [-0.1, -0.05) is 6.07 Å². The van der Waals surface area contributed by atoms with E-state index in [4.69, 9.17) is 5.73 Å². The van der Waals surface area contributed by atoms with Crippen molar-refractivity contribution in [3.63, 3.8) is 0 Å². The van der Waals surface area contributed by atoms with Crippen molar-refractivity contribution in [2.24, 2.45) is 0 Å². The van der Waals surface area contributed by atoms with Crippen LogP contribution in [0.3, 0.4) is 0 Å². The monoisotopic (exact) mass is 346 g/mol. The van der Waals surface area contributed by atoms with Gasteiger partial charge in [-0.15, -0.1) is 0 Å². The molecule has 140 valence electrons. The summed E-state index contributed by atoms with van der Waals surface area (Å²) in [6, 6.07) is 7.10. The molecule has 2 heterocycles. The van der Waals surface area contributed by atoms with E-state index in [1.54, 1.807) is 0 Å². The third kappa shape index (κ3) is 4.87. The van der Waals surface area contributed by atoms with Gasteiger partial charge in [0.15, 0.2) is 0 Å². The Morgan fingerprint density at radius 3 is 2.76 bits per heavy atom. The minimum atomic E-state index is 0.778. The van der Waals surface area contributed by atoms with Gasteiger partial charge in [-0.3, -0.25) is 4.90 Å². The van der Waals surface area contributed by atoms with E-state index >= 15 is 0 Å². The van der Waals surface area contributed by atoms with Crippen LogP contribution in [0.2, 0.25) is 0 Å². The summed E-state index contributed by atoms with van der Waals surface area (Å²) < 4.78 is 1.08. The Labute approximate surface area is 153 Å². The largest absolute Gasteiger partial charge is 0.399 e. The predicted molar refractivity (Wildman–Crippen MR) is 107 cm³/mol. The summed E-state index contributed by atoms with van der Waals surface area (Å²) in [6.07, 6.45) is 3.85. The number of likely N-dealkylation sites (tertiary alicyclic amines) is 1. The van der Waals surface area contributed by atoms with Crippen LogP contribution in [0.25, 0.3) is 0 Å². The van der Waals surface area contributed by atoms with Crippen molar-refractivity contribution in [2.45, 2.75) is 25.3 Å². The SMILES string of the molecule is C[N+](C)(C)C1CCCN(CCNCCN2CCc3ccc(N)cc32)C1.